The Morgan fingerprint density at radius 2 is 1.00 bits per heavy atom. The zero-order chi connectivity index (χ0) is 18.7. The van der Waals surface area contributed by atoms with Gasteiger partial charge in [-0.15, -0.1) is 0 Å². The lowest BCUT2D eigenvalue weighted by molar-refractivity contribution is 0.479. The van der Waals surface area contributed by atoms with Crippen molar-refractivity contribution >= 4 is 17.6 Å². The van der Waals surface area contributed by atoms with Crippen LogP contribution in [0.3, 0.4) is 0 Å². The quantitative estimate of drug-likeness (QED) is 0.359. The van der Waals surface area contributed by atoms with Gasteiger partial charge in [-0.3, -0.25) is 0 Å². The van der Waals surface area contributed by atoms with Gasteiger partial charge in [0.15, 0.2) is 0 Å². The summed E-state index contributed by atoms with van der Waals surface area (Å²) in [6, 6.07) is 0. The van der Waals surface area contributed by atoms with Gasteiger partial charge in [-0.25, -0.2) is 9.97 Å². The predicted molar refractivity (Wildman–Crippen MR) is 77.6 cm³/mol. The van der Waals surface area contributed by atoms with E-state index in [0.717, 1.165) is 0 Å². The van der Waals surface area contributed by atoms with Crippen LogP contribution in [0.1, 0.15) is 5.56 Å². The Labute approximate surface area is 133 Å². The molecule has 0 amide bonds. The molecule has 120 valence electrons. The molecule has 20 nitrogen and oxygen atoms in total. The first kappa shape index (κ1) is 18.0. The summed E-state index contributed by atoms with van der Waals surface area (Å²) in [5.41, 5.74) is 51.0. The van der Waals surface area contributed by atoms with Crippen LogP contribution in [0.5, 0.6) is 0 Å². The topological polar surface area (TPSA) is 318 Å². The normalized spacial score (nSPS) is 10.7. The van der Waals surface area contributed by atoms with Gasteiger partial charge in [0.1, 0.15) is 11.6 Å². The molecule has 0 spiro atoms. The zero-order valence-electron chi connectivity index (χ0n) is 11.4. The largest absolute Gasteiger partial charge is 0.233 e. The van der Waals surface area contributed by atoms with Crippen molar-refractivity contribution in [1.82, 2.24) is 9.97 Å². The first-order valence-electron chi connectivity index (χ1n) is 5.39. The van der Waals surface area contributed by atoms with E-state index >= 15 is 0 Å². The number of nitrogens with zero attached hydrogens (tertiary/aromatic N) is 20. The third-order valence-electron chi connectivity index (χ3n) is 2.16. The second-order valence-electron chi connectivity index (χ2n) is 3.32. The molecule has 0 radical (unpaired) electrons. The third kappa shape index (κ3) is 3.78. The molecule has 0 unspecified atom stereocenters. The van der Waals surface area contributed by atoms with Crippen molar-refractivity contribution in [1.29, 1.82) is 0 Å². The second-order valence-corrected chi connectivity index (χ2v) is 3.32. The summed E-state index contributed by atoms with van der Waals surface area (Å²) < 4.78 is 0. The molecule has 0 saturated carbocycles. The molecule has 0 aliphatic heterocycles. The minimum atomic E-state index is -2.75. The van der Waals surface area contributed by atoms with Gasteiger partial charge >= 0.3 is 0 Å². The van der Waals surface area contributed by atoms with E-state index in [-0.39, 0.29) is 0 Å². The Bertz CT molecular complexity index is 890. The predicted octanol–water partition coefficient (Wildman–Crippen LogP) is 5.34. The smallest absolute Gasteiger partial charge is 0.225 e. The summed E-state index contributed by atoms with van der Waals surface area (Å²) in [4.78, 5) is 21.4. The van der Waals surface area contributed by atoms with E-state index < -0.39 is 28.9 Å². The molecule has 1 aromatic rings. The standard InChI is InChI=1S/C5N20/c6-20-14-2-1(5(17-23-9,18-24-10)19-25-11)3(15-21-7)13-4(12-2)16-22-8. The Morgan fingerprint density at radius 3 is 1.32 bits per heavy atom. The molecule has 25 heavy (non-hydrogen) atoms. The van der Waals surface area contributed by atoms with Gasteiger partial charge in [0.25, 0.3) is 0 Å². The van der Waals surface area contributed by atoms with E-state index in [4.69, 9.17) is 33.2 Å². The average molecular weight is 340 g/mol. The van der Waals surface area contributed by atoms with Crippen LogP contribution >= 0.6 is 0 Å². The van der Waals surface area contributed by atoms with Crippen molar-refractivity contribution in [3.8, 4) is 0 Å². The highest BCUT2D eigenvalue weighted by Crippen LogP contribution is 2.42. The van der Waals surface area contributed by atoms with E-state index in [0.29, 0.717) is 0 Å². The number of azide groups is 4. The molecule has 1 aromatic heterocycles. The summed E-state index contributed by atoms with van der Waals surface area (Å²) in [5.74, 6) is -4.88. The molecule has 0 aliphatic carbocycles. The maximum atomic E-state index is 8.67. The van der Waals surface area contributed by atoms with Crippen molar-refractivity contribution in [2.75, 3.05) is 0 Å². The Kier molecular flexibility index (Phi) is 6.04. The zero-order valence-corrected chi connectivity index (χ0v) is 11.4. The molecule has 0 bridgehead atoms. The van der Waals surface area contributed by atoms with Crippen molar-refractivity contribution in [2.45, 2.75) is 5.79 Å². The van der Waals surface area contributed by atoms with Gasteiger partial charge in [-0.2, -0.15) is 0 Å². The Hall–Kier alpha value is -5.06. The second kappa shape index (κ2) is 8.40. The molecule has 1 rings (SSSR count). The molecular weight excluding hydrogens is 340 g/mol. The van der Waals surface area contributed by atoms with Gasteiger partial charge in [-0.05, 0) is 48.5 Å². The van der Waals surface area contributed by atoms with Crippen LogP contribution in [-0.4, -0.2) is 9.97 Å². The first-order chi connectivity index (χ1) is 12.1. The highest BCUT2D eigenvalue weighted by atomic mass is 15.5. The summed E-state index contributed by atoms with van der Waals surface area (Å²) in [7, 11) is 0. The lowest BCUT2D eigenvalue weighted by Crippen LogP contribution is -2.17. The van der Waals surface area contributed by atoms with Gasteiger partial charge in [-0.1, -0.05) is 15.3 Å². The van der Waals surface area contributed by atoms with Gasteiger partial charge in [0.05, 0.1) is 0 Å². The lowest BCUT2D eigenvalue weighted by Gasteiger charge is -2.20. The average Bonchev–Trinajstić information content (AvgIpc) is 2.56. The molecule has 0 fully saturated rings. The molecule has 20 heteroatoms. The van der Waals surface area contributed by atoms with Crippen LogP contribution in [0.25, 0.3) is 62.7 Å². The summed E-state index contributed by atoms with van der Waals surface area (Å²) in [5, 5.41) is 18.4. The van der Waals surface area contributed by atoms with Crippen LogP contribution < -0.4 is 0 Å². The van der Waals surface area contributed by atoms with Crippen LogP contribution in [-0.2, 0) is 5.79 Å². The van der Waals surface area contributed by atoms with Crippen molar-refractivity contribution in [2.24, 2.45) is 30.7 Å². The highest BCUT2D eigenvalue weighted by molar-refractivity contribution is 5.58. The fourth-order valence-corrected chi connectivity index (χ4v) is 1.44. The van der Waals surface area contributed by atoms with Gasteiger partial charge in [0.2, 0.25) is 11.7 Å². The van der Waals surface area contributed by atoms with Crippen LogP contribution in [0, 0.1) is 0 Å². The molecule has 0 saturated heterocycles. The van der Waals surface area contributed by atoms with E-state index in [1.807, 2.05) is 0 Å². The first-order valence-corrected chi connectivity index (χ1v) is 5.39. The number of hydrogen-bond donors (Lipinski definition) is 0. The van der Waals surface area contributed by atoms with Gasteiger partial charge in [0, 0.05) is 35.0 Å². The monoisotopic (exact) mass is 340 g/mol. The van der Waals surface area contributed by atoms with Gasteiger partial charge < -0.3 is 0 Å². The van der Waals surface area contributed by atoms with Crippen LogP contribution in [0.2, 0.25) is 0 Å². The van der Waals surface area contributed by atoms with E-state index in [1.54, 1.807) is 0 Å². The summed E-state index contributed by atoms with van der Waals surface area (Å²) in [6.07, 6.45) is 0. The number of hydrogen-bond acceptors (Lipinski definition) is 8. The number of rotatable bonds is 7. The minimum absolute atomic E-state index is 0.646. The summed E-state index contributed by atoms with van der Waals surface area (Å²) >= 11 is 0. The lowest BCUT2D eigenvalue weighted by atomic mass is 10.1. The maximum Gasteiger partial charge on any atom is 0.233 e. The van der Waals surface area contributed by atoms with E-state index in [2.05, 4.69) is 70.1 Å². The molecule has 0 atom stereocenters. The minimum Gasteiger partial charge on any atom is -0.225 e. The van der Waals surface area contributed by atoms with Crippen molar-refractivity contribution < 1.29 is 0 Å². The fraction of sp³-hybridized carbons (Fsp3) is 0.200. The van der Waals surface area contributed by atoms with Crippen molar-refractivity contribution in [3.63, 3.8) is 0 Å². The van der Waals surface area contributed by atoms with Crippen LogP contribution in [0.15, 0.2) is 30.7 Å². The molecule has 0 N–H and O–H groups in total. The molecular formula is C5N20. The highest BCUT2D eigenvalue weighted by Gasteiger charge is 2.36. The van der Waals surface area contributed by atoms with Crippen molar-refractivity contribution in [3.05, 3.63) is 68.2 Å². The molecule has 0 aromatic carbocycles. The third-order valence-corrected chi connectivity index (χ3v) is 2.16. The molecule has 1 heterocycles. The maximum absolute atomic E-state index is 8.67. The fourth-order valence-electron chi connectivity index (χ4n) is 1.44. The molecule has 0 aliphatic rings. The Balaban J connectivity index is 4.22. The van der Waals surface area contributed by atoms with E-state index in [1.165, 1.54) is 0 Å². The van der Waals surface area contributed by atoms with Crippen LogP contribution in [0.4, 0.5) is 17.6 Å². The van der Waals surface area contributed by atoms with E-state index in [9.17, 15) is 0 Å². The summed E-state index contributed by atoms with van der Waals surface area (Å²) in [6.45, 7) is 0. The SMILES string of the molecule is [N-]=[N+]=Nc1nc(N=[N+]=[N-])c(C(N=[N+]=[N-])(N=[N+]=[N-])N=[N+]=[N-])c(N=[N+]=[N-])n1. The Morgan fingerprint density at radius 1 is 0.600 bits per heavy atom. The number of aromatic nitrogens is 2.